The Hall–Kier alpha value is -0.610. The molecule has 0 aromatic rings. The van der Waals surface area contributed by atoms with Crippen LogP contribution in [-0.2, 0) is 9.53 Å². The molecule has 1 atom stereocenters. The number of ether oxygens (including phenoxy) is 1. The summed E-state index contributed by atoms with van der Waals surface area (Å²) in [5.74, 6) is -0.159. The molecule has 1 N–H and O–H groups in total. The summed E-state index contributed by atoms with van der Waals surface area (Å²) in [7, 11) is 3.66. The maximum absolute atomic E-state index is 12.0. The Balaban J connectivity index is 2.50. The number of hydrogen-bond acceptors (Lipinski definition) is 4. The van der Waals surface area contributed by atoms with Gasteiger partial charge in [-0.05, 0) is 39.8 Å². The summed E-state index contributed by atoms with van der Waals surface area (Å²) in [6, 6.07) is 0.682. The van der Waals surface area contributed by atoms with E-state index in [4.69, 9.17) is 4.74 Å². The highest BCUT2D eigenvalue weighted by Crippen LogP contribution is 2.22. The molecular formula is C16H32N2O2. The summed E-state index contributed by atoms with van der Waals surface area (Å²) < 4.78 is 4.95. The van der Waals surface area contributed by atoms with Gasteiger partial charge in [0.05, 0.1) is 7.11 Å². The molecule has 4 heteroatoms. The Labute approximate surface area is 124 Å². The van der Waals surface area contributed by atoms with E-state index < -0.39 is 5.54 Å². The fraction of sp³-hybridized carbons (Fsp3) is 0.938. The molecule has 1 aliphatic rings. The molecular weight excluding hydrogens is 252 g/mol. The summed E-state index contributed by atoms with van der Waals surface area (Å²) >= 11 is 0. The lowest BCUT2D eigenvalue weighted by Crippen LogP contribution is -2.52. The van der Waals surface area contributed by atoms with Crippen molar-refractivity contribution < 1.29 is 9.53 Å². The van der Waals surface area contributed by atoms with Gasteiger partial charge in [0.1, 0.15) is 5.54 Å². The minimum Gasteiger partial charge on any atom is -0.468 e. The minimum atomic E-state index is -0.567. The molecule has 0 radical (unpaired) electrons. The Morgan fingerprint density at radius 2 is 1.90 bits per heavy atom. The molecule has 0 bridgehead atoms. The van der Waals surface area contributed by atoms with Gasteiger partial charge >= 0.3 is 5.97 Å². The summed E-state index contributed by atoms with van der Waals surface area (Å²) in [5, 5.41) is 3.28. The van der Waals surface area contributed by atoms with Crippen LogP contribution in [0.5, 0.6) is 0 Å². The standard InChI is InChI=1S/C16H32N2O2/c1-5-17-16(2,15(19)20-4)12-13-18(3)14-10-8-6-7-9-11-14/h14,17H,5-13H2,1-4H3. The van der Waals surface area contributed by atoms with Crippen LogP contribution in [0.2, 0.25) is 0 Å². The Kier molecular flexibility index (Phi) is 7.52. The van der Waals surface area contributed by atoms with Gasteiger partial charge in [0.2, 0.25) is 0 Å². The number of carbonyl (C=O) groups excluding carboxylic acids is 1. The molecule has 0 heterocycles. The van der Waals surface area contributed by atoms with E-state index >= 15 is 0 Å². The zero-order valence-corrected chi connectivity index (χ0v) is 13.7. The summed E-state index contributed by atoms with van der Waals surface area (Å²) in [6.45, 7) is 5.68. The van der Waals surface area contributed by atoms with Crippen molar-refractivity contribution in [3.05, 3.63) is 0 Å². The van der Waals surface area contributed by atoms with E-state index in [2.05, 4.69) is 17.3 Å². The third-order valence-corrected chi connectivity index (χ3v) is 4.62. The maximum Gasteiger partial charge on any atom is 0.325 e. The zero-order chi connectivity index (χ0) is 15.0. The average Bonchev–Trinajstić information content (AvgIpc) is 2.73. The molecule has 4 nitrogen and oxygen atoms in total. The number of carbonyl (C=O) groups is 1. The van der Waals surface area contributed by atoms with E-state index in [0.717, 1.165) is 19.5 Å². The highest BCUT2D eigenvalue weighted by molar-refractivity contribution is 5.80. The molecule has 0 aromatic heterocycles. The van der Waals surface area contributed by atoms with E-state index in [1.54, 1.807) is 0 Å². The van der Waals surface area contributed by atoms with Gasteiger partial charge in [0, 0.05) is 12.6 Å². The van der Waals surface area contributed by atoms with Gasteiger partial charge in [-0.1, -0.05) is 32.6 Å². The molecule has 118 valence electrons. The van der Waals surface area contributed by atoms with Crippen LogP contribution >= 0.6 is 0 Å². The Morgan fingerprint density at radius 3 is 2.40 bits per heavy atom. The van der Waals surface area contributed by atoms with E-state index in [9.17, 15) is 4.79 Å². The zero-order valence-electron chi connectivity index (χ0n) is 13.7. The van der Waals surface area contributed by atoms with Gasteiger partial charge in [-0.15, -0.1) is 0 Å². The Morgan fingerprint density at radius 1 is 1.30 bits per heavy atom. The summed E-state index contributed by atoms with van der Waals surface area (Å²) in [5.41, 5.74) is -0.567. The first kappa shape index (κ1) is 17.4. The second kappa shape index (κ2) is 8.63. The van der Waals surface area contributed by atoms with Crippen LogP contribution in [0.3, 0.4) is 0 Å². The number of rotatable bonds is 7. The highest BCUT2D eigenvalue weighted by atomic mass is 16.5. The SMILES string of the molecule is CCNC(C)(CCN(C)C1CCCCCC1)C(=O)OC. The van der Waals surface area contributed by atoms with E-state index in [0.29, 0.717) is 6.04 Å². The first-order valence-corrected chi connectivity index (χ1v) is 8.07. The molecule has 0 saturated heterocycles. The van der Waals surface area contributed by atoms with Crippen molar-refractivity contribution in [3.8, 4) is 0 Å². The van der Waals surface area contributed by atoms with Crippen molar-refractivity contribution in [2.45, 2.75) is 70.4 Å². The fourth-order valence-corrected chi connectivity index (χ4v) is 3.16. The van der Waals surface area contributed by atoms with Gasteiger partial charge in [0.25, 0.3) is 0 Å². The molecule has 1 unspecified atom stereocenters. The lowest BCUT2D eigenvalue weighted by atomic mass is 9.96. The van der Waals surface area contributed by atoms with Crippen LogP contribution in [-0.4, -0.2) is 49.7 Å². The molecule has 1 fully saturated rings. The fourth-order valence-electron chi connectivity index (χ4n) is 3.16. The van der Waals surface area contributed by atoms with Crippen molar-refractivity contribution in [1.82, 2.24) is 10.2 Å². The molecule has 0 aromatic carbocycles. The van der Waals surface area contributed by atoms with Crippen molar-refractivity contribution in [3.63, 3.8) is 0 Å². The van der Waals surface area contributed by atoms with Crippen molar-refractivity contribution in [2.24, 2.45) is 0 Å². The van der Waals surface area contributed by atoms with Gasteiger partial charge in [0.15, 0.2) is 0 Å². The number of nitrogens with zero attached hydrogens (tertiary/aromatic N) is 1. The molecule has 0 amide bonds. The molecule has 0 aliphatic heterocycles. The van der Waals surface area contributed by atoms with E-state index in [-0.39, 0.29) is 5.97 Å². The maximum atomic E-state index is 12.0. The van der Waals surface area contributed by atoms with Crippen LogP contribution in [0, 0.1) is 0 Å². The summed E-state index contributed by atoms with van der Waals surface area (Å²) in [4.78, 5) is 14.4. The number of esters is 1. The molecule has 20 heavy (non-hydrogen) atoms. The number of nitrogens with one attached hydrogen (secondary N) is 1. The van der Waals surface area contributed by atoms with Crippen LogP contribution in [0.25, 0.3) is 0 Å². The quantitative estimate of drug-likeness (QED) is 0.576. The lowest BCUT2D eigenvalue weighted by molar-refractivity contribution is -0.148. The Bertz CT molecular complexity index is 288. The topological polar surface area (TPSA) is 41.6 Å². The number of hydrogen-bond donors (Lipinski definition) is 1. The van der Waals surface area contributed by atoms with Crippen LogP contribution in [0.15, 0.2) is 0 Å². The number of likely N-dealkylation sites (N-methyl/N-ethyl adjacent to an activating group) is 1. The van der Waals surface area contributed by atoms with Crippen LogP contribution < -0.4 is 5.32 Å². The monoisotopic (exact) mass is 284 g/mol. The second-order valence-corrected chi connectivity index (χ2v) is 6.23. The third kappa shape index (κ3) is 5.06. The lowest BCUT2D eigenvalue weighted by Gasteiger charge is -2.32. The van der Waals surface area contributed by atoms with Crippen molar-refractivity contribution in [1.29, 1.82) is 0 Å². The van der Waals surface area contributed by atoms with Gasteiger partial charge in [-0.25, -0.2) is 0 Å². The molecule has 1 rings (SSSR count). The molecule has 1 aliphatic carbocycles. The normalized spacial score (nSPS) is 20.4. The van der Waals surface area contributed by atoms with E-state index in [1.165, 1.54) is 45.6 Å². The minimum absolute atomic E-state index is 0.159. The van der Waals surface area contributed by atoms with Gasteiger partial charge in [-0.2, -0.15) is 0 Å². The largest absolute Gasteiger partial charge is 0.468 e. The smallest absolute Gasteiger partial charge is 0.325 e. The third-order valence-electron chi connectivity index (χ3n) is 4.62. The van der Waals surface area contributed by atoms with Crippen LogP contribution in [0.4, 0.5) is 0 Å². The average molecular weight is 284 g/mol. The number of methoxy groups -OCH3 is 1. The summed E-state index contributed by atoms with van der Waals surface area (Å²) in [6.07, 6.45) is 8.83. The van der Waals surface area contributed by atoms with Gasteiger partial charge < -0.3 is 15.0 Å². The molecule has 0 spiro atoms. The first-order valence-electron chi connectivity index (χ1n) is 8.07. The highest BCUT2D eigenvalue weighted by Gasteiger charge is 2.33. The first-order chi connectivity index (χ1) is 9.53. The van der Waals surface area contributed by atoms with Crippen molar-refractivity contribution in [2.75, 3.05) is 27.2 Å². The van der Waals surface area contributed by atoms with E-state index in [1.807, 2.05) is 13.8 Å². The molecule has 1 saturated carbocycles. The van der Waals surface area contributed by atoms with Gasteiger partial charge in [-0.3, -0.25) is 4.79 Å². The predicted octanol–water partition coefficient (Wildman–Crippen LogP) is 2.57. The van der Waals surface area contributed by atoms with Crippen molar-refractivity contribution >= 4 is 5.97 Å². The predicted molar refractivity (Wildman–Crippen MR) is 82.8 cm³/mol. The second-order valence-electron chi connectivity index (χ2n) is 6.23. The van der Waals surface area contributed by atoms with Crippen LogP contribution in [0.1, 0.15) is 58.8 Å².